The van der Waals surface area contributed by atoms with Crippen LogP contribution in [-0.4, -0.2) is 35.6 Å². The average molecular weight is 397 g/mol. The molecule has 0 bridgehead atoms. The average Bonchev–Trinajstić information content (AvgIpc) is 2.77. The second-order valence-corrected chi connectivity index (χ2v) is 7.06. The van der Waals surface area contributed by atoms with Gasteiger partial charge in [0.2, 0.25) is 5.91 Å². The molecule has 0 fully saturated rings. The predicted octanol–water partition coefficient (Wildman–Crippen LogP) is 3.72. The van der Waals surface area contributed by atoms with Gasteiger partial charge in [0.15, 0.2) is 0 Å². The Morgan fingerprint density at radius 3 is 2.55 bits per heavy atom. The summed E-state index contributed by atoms with van der Waals surface area (Å²) in [6, 6.07) is 15.3. The second kappa shape index (κ2) is 9.93. The molecule has 1 aliphatic heterocycles. The molecule has 154 valence electrons. The Morgan fingerprint density at radius 2 is 1.83 bits per heavy atom. The molecule has 1 aliphatic rings. The van der Waals surface area contributed by atoms with Crippen molar-refractivity contribution in [3.05, 3.63) is 59.7 Å². The summed E-state index contributed by atoms with van der Waals surface area (Å²) >= 11 is 0. The highest BCUT2D eigenvalue weighted by Gasteiger charge is 2.32. The maximum absolute atomic E-state index is 13.2. The number of ether oxygens (including phenoxy) is 1. The summed E-state index contributed by atoms with van der Waals surface area (Å²) in [6.07, 6.45) is 3.38. The highest BCUT2D eigenvalue weighted by molar-refractivity contribution is 6.01. The van der Waals surface area contributed by atoms with Gasteiger partial charge in [-0.1, -0.05) is 37.1 Å². The van der Waals surface area contributed by atoms with Gasteiger partial charge in [-0.3, -0.25) is 14.8 Å². The smallest absolute Gasteiger partial charge is 0.257 e. The molecule has 2 amide bonds. The first-order valence-corrected chi connectivity index (χ1v) is 9.87. The third-order valence-corrected chi connectivity index (χ3v) is 5.13. The Kier molecular flexibility index (Phi) is 7.08. The minimum Gasteiger partial charge on any atom is -0.497 e. The third-order valence-electron chi connectivity index (χ3n) is 5.13. The lowest BCUT2D eigenvalue weighted by Crippen LogP contribution is -2.43. The zero-order chi connectivity index (χ0) is 20.6. The van der Waals surface area contributed by atoms with Crippen LogP contribution in [0.5, 0.6) is 5.75 Å². The summed E-state index contributed by atoms with van der Waals surface area (Å²) in [7, 11) is 1.63. The van der Waals surface area contributed by atoms with Crippen LogP contribution in [0.3, 0.4) is 0 Å². The van der Waals surface area contributed by atoms with Crippen molar-refractivity contribution in [2.24, 2.45) is 0 Å². The van der Waals surface area contributed by atoms with Gasteiger partial charge in [-0.05, 0) is 42.7 Å². The van der Waals surface area contributed by atoms with Crippen molar-refractivity contribution in [1.29, 1.82) is 0 Å². The number of fused-ring (bicyclic) bond motifs is 1. The fourth-order valence-corrected chi connectivity index (χ4v) is 3.55. The molecule has 0 radical (unpaired) electrons. The second-order valence-electron chi connectivity index (χ2n) is 7.06. The van der Waals surface area contributed by atoms with Gasteiger partial charge in [0.1, 0.15) is 11.9 Å². The van der Waals surface area contributed by atoms with Crippen LogP contribution in [0.25, 0.3) is 0 Å². The van der Waals surface area contributed by atoms with Crippen molar-refractivity contribution in [3.8, 4) is 5.75 Å². The molecule has 3 N–H and O–H groups in total. The molecule has 7 heteroatoms. The lowest BCUT2D eigenvalue weighted by atomic mass is 10.0. The fourth-order valence-electron chi connectivity index (χ4n) is 3.55. The van der Waals surface area contributed by atoms with Gasteiger partial charge in [-0.2, -0.15) is 0 Å². The van der Waals surface area contributed by atoms with Crippen LogP contribution < -0.4 is 15.5 Å². The number of carbonyl (C=O) groups is 2. The molecular formula is C22H27N3O4. The number of rotatable bonds is 9. The number of nitrogens with zero attached hydrogens (tertiary/aromatic N) is 1. The fraction of sp³-hybridized carbons (Fsp3) is 0.364. The van der Waals surface area contributed by atoms with Crippen molar-refractivity contribution >= 4 is 17.5 Å². The molecule has 0 aliphatic carbocycles. The zero-order valence-corrected chi connectivity index (χ0v) is 16.6. The minimum atomic E-state index is -0.364. The van der Waals surface area contributed by atoms with Crippen molar-refractivity contribution in [1.82, 2.24) is 10.4 Å². The van der Waals surface area contributed by atoms with Crippen LogP contribution in [0.4, 0.5) is 5.69 Å². The maximum atomic E-state index is 13.2. The molecule has 1 atom stereocenters. The van der Waals surface area contributed by atoms with E-state index in [2.05, 4.69) is 5.32 Å². The molecule has 7 nitrogen and oxygen atoms in total. The van der Waals surface area contributed by atoms with Gasteiger partial charge in [0.05, 0.1) is 12.7 Å². The van der Waals surface area contributed by atoms with Gasteiger partial charge in [-0.15, -0.1) is 0 Å². The lowest BCUT2D eigenvalue weighted by molar-refractivity contribution is -0.129. The Balaban J connectivity index is 1.68. The van der Waals surface area contributed by atoms with E-state index in [1.165, 1.54) is 0 Å². The molecule has 0 saturated carbocycles. The van der Waals surface area contributed by atoms with Crippen molar-refractivity contribution in [2.75, 3.05) is 19.0 Å². The Hall–Kier alpha value is -3.06. The number of para-hydroxylation sites is 1. The van der Waals surface area contributed by atoms with Gasteiger partial charge in [-0.25, -0.2) is 5.48 Å². The molecule has 1 unspecified atom stereocenters. The van der Waals surface area contributed by atoms with Crippen LogP contribution in [0.1, 0.15) is 54.2 Å². The Labute approximate surface area is 170 Å². The number of hydrogen-bond acceptors (Lipinski definition) is 5. The molecule has 3 rings (SSSR count). The van der Waals surface area contributed by atoms with E-state index in [0.29, 0.717) is 24.9 Å². The van der Waals surface area contributed by atoms with E-state index in [1.54, 1.807) is 12.6 Å². The van der Waals surface area contributed by atoms with Gasteiger partial charge in [0.25, 0.3) is 5.91 Å². The molecule has 2 aromatic rings. The van der Waals surface area contributed by atoms with Crippen LogP contribution in [0.2, 0.25) is 0 Å². The molecule has 29 heavy (non-hydrogen) atoms. The highest BCUT2D eigenvalue weighted by atomic mass is 16.5. The highest BCUT2D eigenvalue weighted by Crippen LogP contribution is 2.33. The first-order valence-electron chi connectivity index (χ1n) is 9.87. The normalized spacial score (nSPS) is 15.4. The van der Waals surface area contributed by atoms with Crippen molar-refractivity contribution < 1.29 is 19.5 Å². The van der Waals surface area contributed by atoms with Gasteiger partial charge >= 0.3 is 0 Å². The maximum Gasteiger partial charge on any atom is 0.257 e. The topological polar surface area (TPSA) is 90.9 Å². The van der Waals surface area contributed by atoms with E-state index in [9.17, 15) is 9.59 Å². The summed E-state index contributed by atoms with van der Waals surface area (Å²) in [5.41, 5.74) is 4.15. The molecule has 0 spiro atoms. The standard InChI is InChI=1S/C22H27N3O4/c1-29-17-13-11-16(12-14-17)21-23-19-9-6-5-8-18(19)22(27)25(21)15-7-3-2-4-10-20(26)24-28/h5-6,8-9,11-14,21,23,28H,2-4,7,10,15H2,1H3,(H,24,26). The number of anilines is 1. The van der Waals surface area contributed by atoms with E-state index < -0.39 is 0 Å². The van der Waals surface area contributed by atoms with Crippen molar-refractivity contribution in [3.63, 3.8) is 0 Å². The molecule has 1 heterocycles. The van der Waals surface area contributed by atoms with E-state index in [0.717, 1.165) is 36.3 Å². The summed E-state index contributed by atoms with van der Waals surface area (Å²) in [5.74, 6) is 0.422. The molecular weight excluding hydrogens is 370 g/mol. The number of hydroxylamine groups is 1. The number of nitrogens with one attached hydrogen (secondary N) is 2. The zero-order valence-electron chi connectivity index (χ0n) is 16.6. The third kappa shape index (κ3) is 5.06. The molecule has 0 saturated heterocycles. The van der Waals surface area contributed by atoms with Crippen molar-refractivity contribution in [2.45, 2.75) is 38.3 Å². The number of benzene rings is 2. The van der Waals surface area contributed by atoms with Crippen LogP contribution in [0.15, 0.2) is 48.5 Å². The summed E-state index contributed by atoms with van der Waals surface area (Å²) in [6.45, 7) is 0.614. The van der Waals surface area contributed by atoms with Crippen LogP contribution in [-0.2, 0) is 4.79 Å². The first-order chi connectivity index (χ1) is 14.1. The summed E-state index contributed by atoms with van der Waals surface area (Å²) in [4.78, 5) is 26.1. The molecule has 2 aromatic carbocycles. The van der Waals surface area contributed by atoms with E-state index in [1.807, 2.05) is 53.4 Å². The monoisotopic (exact) mass is 397 g/mol. The Bertz CT molecular complexity index is 838. The minimum absolute atomic E-state index is 0.0137. The number of carbonyl (C=O) groups excluding carboxylic acids is 2. The summed E-state index contributed by atoms with van der Waals surface area (Å²) in [5, 5.41) is 12.0. The quantitative estimate of drug-likeness (QED) is 0.341. The van der Waals surface area contributed by atoms with Gasteiger partial charge in [0, 0.05) is 18.7 Å². The lowest BCUT2D eigenvalue weighted by Gasteiger charge is -2.38. The number of amides is 2. The largest absolute Gasteiger partial charge is 0.497 e. The molecule has 0 aromatic heterocycles. The first kappa shape index (κ1) is 20.7. The number of methoxy groups -OCH3 is 1. The predicted molar refractivity (Wildman–Crippen MR) is 110 cm³/mol. The SMILES string of the molecule is COc1ccc(C2Nc3ccccc3C(=O)N2CCCCCCC(=O)NO)cc1. The van der Waals surface area contributed by atoms with E-state index >= 15 is 0 Å². The summed E-state index contributed by atoms with van der Waals surface area (Å²) < 4.78 is 5.24. The van der Waals surface area contributed by atoms with Crippen LogP contribution in [0, 0.1) is 0 Å². The number of unbranched alkanes of at least 4 members (excludes halogenated alkanes) is 3. The van der Waals surface area contributed by atoms with Gasteiger partial charge < -0.3 is 15.0 Å². The number of hydrogen-bond donors (Lipinski definition) is 3. The Morgan fingerprint density at radius 1 is 1.10 bits per heavy atom. The van der Waals surface area contributed by atoms with E-state index in [4.69, 9.17) is 9.94 Å². The van der Waals surface area contributed by atoms with E-state index in [-0.39, 0.29) is 18.0 Å². The van der Waals surface area contributed by atoms with Crippen LogP contribution >= 0.6 is 0 Å².